The Kier molecular flexibility index (Phi) is 2.53. The van der Waals surface area contributed by atoms with Crippen LogP contribution in [0.4, 0.5) is 0 Å². The van der Waals surface area contributed by atoms with Crippen LogP contribution in [-0.4, -0.2) is 17.7 Å². The Morgan fingerprint density at radius 3 is 2.55 bits per heavy atom. The summed E-state index contributed by atoms with van der Waals surface area (Å²) in [5, 5.41) is 15.1. The Morgan fingerprint density at radius 2 is 1.75 bits per heavy atom. The average Bonchev–Trinajstić information content (AvgIpc) is 3.04. The van der Waals surface area contributed by atoms with Crippen molar-refractivity contribution in [2.24, 2.45) is 0 Å². The number of rotatable bonds is 1. The van der Waals surface area contributed by atoms with Crippen LogP contribution in [-0.2, 0) is 5.60 Å². The molecule has 2 nitrogen and oxygen atoms in total. The van der Waals surface area contributed by atoms with Crippen LogP contribution in [0.3, 0.4) is 0 Å². The first-order chi connectivity index (χ1) is 9.73. The van der Waals surface area contributed by atoms with E-state index in [-0.39, 0.29) is 6.04 Å². The van der Waals surface area contributed by atoms with Crippen molar-refractivity contribution in [1.82, 2.24) is 5.32 Å². The van der Waals surface area contributed by atoms with E-state index in [1.165, 1.54) is 5.56 Å². The number of aliphatic hydroxyl groups is 1. The summed E-state index contributed by atoms with van der Waals surface area (Å²) in [6.45, 7) is 3.07. The molecule has 1 fully saturated rings. The van der Waals surface area contributed by atoms with E-state index >= 15 is 0 Å². The zero-order chi connectivity index (χ0) is 13.7. The topological polar surface area (TPSA) is 32.3 Å². The van der Waals surface area contributed by atoms with Crippen LogP contribution in [0.2, 0.25) is 0 Å². The quantitative estimate of drug-likeness (QED) is 0.831. The zero-order valence-electron chi connectivity index (χ0n) is 11.6. The number of hydrogen-bond donors (Lipinski definition) is 2. The molecule has 0 aromatic heterocycles. The van der Waals surface area contributed by atoms with Gasteiger partial charge in [0.2, 0.25) is 0 Å². The lowest BCUT2D eigenvalue weighted by Gasteiger charge is -2.33. The second-order valence-electron chi connectivity index (χ2n) is 6.00. The van der Waals surface area contributed by atoms with Gasteiger partial charge in [0.05, 0.1) is 6.04 Å². The molecule has 0 bridgehead atoms. The van der Waals surface area contributed by atoms with E-state index < -0.39 is 5.60 Å². The highest BCUT2D eigenvalue weighted by Crippen LogP contribution is 2.52. The fourth-order valence-corrected chi connectivity index (χ4v) is 4.13. The summed E-state index contributed by atoms with van der Waals surface area (Å²) in [7, 11) is 0. The smallest absolute Gasteiger partial charge is 0.131 e. The molecule has 1 saturated heterocycles. The van der Waals surface area contributed by atoms with Crippen LogP contribution in [0.25, 0.3) is 0 Å². The fourth-order valence-electron chi connectivity index (χ4n) is 4.13. The molecular weight excluding hydrogens is 246 g/mol. The summed E-state index contributed by atoms with van der Waals surface area (Å²) in [6, 6.07) is 16.7. The minimum atomic E-state index is -0.900. The molecule has 1 aliphatic carbocycles. The van der Waals surface area contributed by atoms with Gasteiger partial charge in [0, 0.05) is 5.92 Å². The van der Waals surface area contributed by atoms with Crippen LogP contribution < -0.4 is 5.32 Å². The molecule has 0 spiro atoms. The van der Waals surface area contributed by atoms with Crippen molar-refractivity contribution in [2.45, 2.75) is 30.9 Å². The molecule has 3 unspecified atom stereocenters. The first-order valence-electron chi connectivity index (χ1n) is 7.34. The van der Waals surface area contributed by atoms with E-state index in [1.807, 2.05) is 18.2 Å². The highest BCUT2D eigenvalue weighted by molar-refractivity contribution is 5.53. The van der Waals surface area contributed by atoms with Gasteiger partial charge in [-0.15, -0.1) is 0 Å². The summed E-state index contributed by atoms with van der Waals surface area (Å²) in [5.74, 6) is 0.427. The molecule has 2 aliphatic rings. The maximum atomic E-state index is 11.6. The summed E-state index contributed by atoms with van der Waals surface area (Å²) >= 11 is 0. The van der Waals surface area contributed by atoms with Gasteiger partial charge in [0.15, 0.2) is 0 Å². The van der Waals surface area contributed by atoms with E-state index in [9.17, 15) is 5.11 Å². The lowest BCUT2D eigenvalue weighted by Crippen LogP contribution is -2.44. The van der Waals surface area contributed by atoms with Gasteiger partial charge in [-0.1, -0.05) is 48.5 Å². The lowest BCUT2D eigenvalue weighted by atomic mass is 9.82. The molecule has 1 heterocycles. The van der Waals surface area contributed by atoms with Crippen molar-refractivity contribution in [3.8, 4) is 0 Å². The highest BCUT2D eigenvalue weighted by atomic mass is 16.3. The Morgan fingerprint density at radius 1 is 1.05 bits per heavy atom. The third-order valence-corrected chi connectivity index (χ3v) is 5.00. The SMILES string of the molecule is Cc1ccccc1C1(O)c2ccccc2C2CCNC21. The molecule has 0 radical (unpaired) electrons. The fraction of sp³-hybridized carbons (Fsp3) is 0.333. The second kappa shape index (κ2) is 4.18. The van der Waals surface area contributed by atoms with Gasteiger partial charge in [0.1, 0.15) is 5.60 Å². The van der Waals surface area contributed by atoms with Gasteiger partial charge in [-0.2, -0.15) is 0 Å². The Hall–Kier alpha value is -1.64. The Labute approximate surface area is 119 Å². The Balaban J connectivity index is 1.99. The van der Waals surface area contributed by atoms with E-state index in [0.29, 0.717) is 5.92 Å². The maximum Gasteiger partial charge on any atom is 0.131 e. The number of hydrogen-bond acceptors (Lipinski definition) is 2. The number of aryl methyl sites for hydroxylation is 1. The van der Waals surface area contributed by atoms with E-state index in [1.54, 1.807) is 0 Å². The van der Waals surface area contributed by atoms with E-state index in [4.69, 9.17) is 0 Å². The van der Waals surface area contributed by atoms with Crippen molar-refractivity contribution < 1.29 is 5.11 Å². The molecule has 2 heteroatoms. The van der Waals surface area contributed by atoms with Crippen LogP contribution in [0.5, 0.6) is 0 Å². The molecule has 3 atom stereocenters. The van der Waals surface area contributed by atoms with Crippen molar-refractivity contribution >= 4 is 0 Å². The number of fused-ring (bicyclic) bond motifs is 3. The number of benzene rings is 2. The zero-order valence-corrected chi connectivity index (χ0v) is 11.6. The molecule has 4 rings (SSSR count). The van der Waals surface area contributed by atoms with Gasteiger partial charge in [-0.25, -0.2) is 0 Å². The molecule has 2 N–H and O–H groups in total. The van der Waals surface area contributed by atoms with E-state index in [0.717, 1.165) is 29.7 Å². The van der Waals surface area contributed by atoms with Gasteiger partial charge in [-0.05, 0) is 42.1 Å². The highest BCUT2D eigenvalue weighted by Gasteiger charge is 2.54. The molecule has 1 aliphatic heterocycles. The van der Waals surface area contributed by atoms with Gasteiger partial charge >= 0.3 is 0 Å². The monoisotopic (exact) mass is 265 g/mol. The van der Waals surface area contributed by atoms with Crippen LogP contribution >= 0.6 is 0 Å². The predicted molar refractivity (Wildman–Crippen MR) is 79.8 cm³/mol. The van der Waals surface area contributed by atoms with Gasteiger partial charge < -0.3 is 10.4 Å². The Bertz CT molecular complexity index is 666. The normalized spacial score (nSPS) is 31.1. The van der Waals surface area contributed by atoms with Crippen molar-refractivity contribution in [1.29, 1.82) is 0 Å². The van der Waals surface area contributed by atoms with Crippen molar-refractivity contribution in [2.75, 3.05) is 6.54 Å². The molecule has 102 valence electrons. The van der Waals surface area contributed by atoms with Crippen LogP contribution in [0, 0.1) is 6.92 Å². The summed E-state index contributed by atoms with van der Waals surface area (Å²) in [4.78, 5) is 0. The lowest BCUT2D eigenvalue weighted by molar-refractivity contribution is 0.0517. The molecular formula is C18H19NO. The predicted octanol–water partition coefficient (Wildman–Crippen LogP) is 2.69. The van der Waals surface area contributed by atoms with Crippen molar-refractivity contribution in [3.05, 3.63) is 70.8 Å². The third-order valence-electron chi connectivity index (χ3n) is 5.00. The molecule has 2 aromatic carbocycles. The molecule has 2 aromatic rings. The van der Waals surface area contributed by atoms with Crippen LogP contribution in [0.1, 0.15) is 34.6 Å². The first kappa shape index (κ1) is 12.1. The largest absolute Gasteiger partial charge is 0.379 e. The summed E-state index contributed by atoms with van der Waals surface area (Å²) < 4.78 is 0. The first-order valence-corrected chi connectivity index (χ1v) is 7.34. The minimum absolute atomic E-state index is 0.0981. The third kappa shape index (κ3) is 1.41. The summed E-state index contributed by atoms with van der Waals surface area (Å²) in [6.07, 6.45) is 1.11. The minimum Gasteiger partial charge on any atom is -0.379 e. The average molecular weight is 265 g/mol. The van der Waals surface area contributed by atoms with Crippen molar-refractivity contribution in [3.63, 3.8) is 0 Å². The summed E-state index contributed by atoms with van der Waals surface area (Å²) in [5.41, 5.74) is 3.68. The van der Waals surface area contributed by atoms with E-state index in [2.05, 4.69) is 42.6 Å². The number of nitrogens with one attached hydrogen (secondary N) is 1. The standard InChI is InChI=1S/C18H19NO/c1-12-6-2-4-8-15(12)18(20)16-9-5-3-7-13(16)14-10-11-19-17(14)18/h2-9,14,17,19-20H,10-11H2,1H3. The molecule has 20 heavy (non-hydrogen) atoms. The van der Waals surface area contributed by atoms with Gasteiger partial charge in [-0.3, -0.25) is 0 Å². The van der Waals surface area contributed by atoms with Crippen LogP contribution in [0.15, 0.2) is 48.5 Å². The second-order valence-corrected chi connectivity index (χ2v) is 6.00. The maximum absolute atomic E-state index is 11.6. The molecule has 0 saturated carbocycles. The molecule has 0 amide bonds. The van der Waals surface area contributed by atoms with Gasteiger partial charge in [0.25, 0.3) is 0 Å².